The summed E-state index contributed by atoms with van der Waals surface area (Å²) >= 11 is 5.17. The number of likely N-dealkylation sites (N-methyl/N-ethyl adjacent to an activating group) is 1. The number of anilines is 1. The number of piperazine rings is 1. The van der Waals surface area contributed by atoms with Crippen molar-refractivity contribution < 1.29 is 0 Å². The largest absolute Gasteiger partial charge is 0.389 e. The monoisotopic (exact) mass is 301 g/mol. The standard InChI is InChI=1S/C15H19N5S/c1-19-6-8-20(9-7-19)18-14-10-12(15(16)21)11-4-2-3-5-13(11)17-14/h2-5,10H,6-9H2,1H3,(H2,16,21)(H,17,18). The summed E-state index contributed by atoms with van der Waals surface area (Å²) in [4.78, 5) is 7.36. The van der Waals surface area contributed by atoms with Gasteiger partial charge in [0, 0.05) is 37.1 Å². The molecule has 1 aromatic carbocycles. The van der Waals surface area contributed by atoms with E-state index >= 15 is 0 Å². The fourth-order valence-corrected chi connectivity index (χ4v) is 2.69. The summed E-state index contributed by atoms with van der Waals surface area (Å²) in [6.07, 6.45) is 0. The number of aromatic nitrogens is 1. The molecule has 1 aromatic heterocycles. The second-order valence-corrected chi connectivity index (χ2v) is 5.78. The molecule has 0 saturated carbocycles. The summed E-state index contributed by atoms with van der Waals surface area (Å²) < 4.78 is 0. The quantitative estimate of drug-likeness (QED) is 0.837. The van der Waals surface area contributed by atoms with E-state index in [1.54, 1.807) is 0 Å². The Hall–Kier alpha value is -1.76. The van der Waals surface area contributed by atoms with Crippen molar-refractivity contribution in [2.45, 2.75) is 0 Å². The topological polar surface area (TPSA) is 57.4 Å². The number of para-hydroxylation sites is 1. The Morgan fingerprint density at radius 2 is 1.95 bits per heavy atom. The zero-order valence-corrected chi connectivity index (χ0v) is 12.9. The van der Waals surface area contributed by atoms with Crippen molar-refractivity contribution in [3.63, 3.8) is 0 Å². The lowest BCUT2D eigenvalue weighted by molar-refractivity contribution is 0.178. The van der Waals surface area contributed by atoms with Crippen LogP contribution in [0.1, 0.15) is 5.56 Å². The zero-order valence-electron chi connectivity index (χ0n) is 12.0. The molecule has 1 aliphatic rings. The lowest BCUT2D eigenvalue weighted by Crippen LogP contribution is -2.47. The molecule has 0 unspecified atom stereocenters. The number of rotatable bonds is 3. The Morgan fingerprint density at radius 1 is 1.24 bits per heavy atom. The number of nitrogens with two attached hydrogens (primary N) is 1. The van der Waals surface area contributed by atoms with E-state index in [-0.39, 0.29) is 0 Å². The summed E-state index contributed by atoms with van der Waals surface area (Å²) in [6.45, 7) is 4.02. The van der Waals surface area contributed by atoms with Crippen molar-refractivity contribution in [2.75, 3.05) is 38.7 Å². The molecule has 2 heterocycles. The van der Waals surface area contributed by atoms with Crippen LogP contribution in [0.4, 0.5) is 5.82 Å². The number of nitrogens with one attached hydrogen (secondary N) is 1. The molecule has 1 fully saturated rings. The van der Waals surface area contributed by atoms with Crippen LogP contribution in [-0.4, -0.2) is 53.1 Å². The molecule has 0 bridgehead atoms. The van der Waals surface area contributed by atoms with Gasteiger partial charge in [0.05, 0.1) is 5.52 Å². The molecule has 0 aliphatic carbocycles. The maximum atomic E-state index is 5.86. The SMILES string of the molecule is CN1CCN(Nc2cc(C(N)=S)c3ccccc3n2)CC1. The molecule has 3 N–H and O–H groups in total. The van der Waals surface area contributed by atoms with Crippen molar-refractivity contribution in [1.29, 1.82) is 0 Å². The smallest absolute Gasteiger partial charge is 0.141 e. The molecule has 6 heteroatoms. The van der Waals surface area contributed by atoms with E-state index in [2.05, 4.69) is 27.4 Å². The highest BCUT2D eigenvalue weighted by atomic mass is 32.1. The van der Waals surface area contributed by atoms with Gasteiger partial charge in [-0.3, -0.25) is 0 Å². The van der Waals surface area contributed by atoms with Gasteiger partial charge in [0.25, 0.3) is 0 Å². The van der Waals surface area contributed by atoms with Crippen LogP contribution in [0, 0.1) is 0 Å². The van der Waals surface area contributed by atoms with Crippen molar-refractivity contribution in [3.8, 4) is 0 Å². The number of nitrogens with zero attached hydrogens (tertiary/aromatic N) is 3. The summed E-state index contributed by atoms with van der Waals surface area (Å²) in [5, 5.41) is 3.18. The minimum Gasteiger partial charge on any atom is -0.389 e. The first kappa shape index (κ1) is 14.2. The first-order valence-corrected chi connectivity index (χ1v) is 7.44. The number of thiocarbonyl (C=S) groups is 1. The normalized spacial score (nSPS) is 17.0. The lowest BCUT2D eigenvalue weighted by atomic mass is 10.1. The van der Waals surface area contributed by atoms with E-state index < -0.39 is 0 Å². The van der Waals surface area contributed by atoms with Crippen molar-refractivity contribution in [2.24, 2.45) is 5.73 Å². The van der Waals surface area contributed by atoms with Crippen molar-refractivity contribution >= 4 is 33.9 Å². The summed E-state index contributed by atoms with van der Waals surface area (Å²) in [6, 6.07) is 9.85. The highest BCUT2D eigenvalue weighted by molar-refractivity contribution is 7.80. The third-order valence-corrected chi connectivity index (χ3v) is 3.98. The Balaban J connectivity index is 1.90. The average molecular weight is 301 g/mol. The third kappa shape index (κ3) is 3.12. The zero-order chi connectivity index (χ0) is 14.8. The Kier molecular flexibility index (Phi) is 4.01. The Bertz CT molecular complexity index is 664. The summed E-state index contributed by atoms with van der Waals surface area (Å²) in [7, 11) is 2.14. The minimum atomic E-state index is 0.398. The van der Waals surface area contributed by atoms with Crippen molar-refractivity contribution in [3.05, 3.63) is 35.9 Å². The maximum absolute atomic E-state index is 5.86. The summed E-state index contributed by atoms with van der Waals surface area (Å²) in [5.74, 6) is 0.793. The van der Waals surface area contributed by atoms with Crippen LogP contribution in [0.5, 0.6) is 0 Å². The molecule has 2 aromatic rings. The van der Waals surface area contributed by atoms with Crippen molar-refractivity contribution in [1.82, 2.24) is 14.9 Å². The van der Waals surface area contributed by atoms with Crippen LogP contribution >= 0.6 is 12.2 Å². The molecule has 5 nitrogen and oxygen atoms in total. The van der Waals surface area contributed by atoms with Crippen LogP contribution in [0.3, 0.4) is 0 Å². The van der Waals surface area contributed by atoms with Crippen LogP contribution in [0.25, 0.3) is 10.9 Å². The first-order chi connectivity index (χ1) is 10.1. The van der Waals surface area contributed by atoms with Gasteiger partial charge in [-0.25, -0.2) is 9.99 Å². The van der Waals surface area contributed by atoms with Gasteiger partial charge in [-0.05, 0) is 19.2 Å². The van der Waals surface area contributed by atoms with E-state index in [0.29, 0.717) is 4.99 Å². The molecule has 1 saturated heterocycles. The van der Waals surface area contributed by atoms with Gasteiger partial charge in [-0.15, -0.1) is 0 Å². The lowest BCUT2D eigenvalue weighted by Gasteiger charge is -2.32. The van der Waals surface area contributed by atoms with Crippen LogP contribution in [-0.2, 0) is 0 Å². The molecule has 21 heavy (non-hydrogen) atoms. The number of pyridine rings is 1. The molecule has 0 amide bonds. The van der Waals surface area contributed by atoms with Crippen LogP contribution in [0.15, 0.2) is 30.3 Å². The van der Waals surface area contributed by atoms with Gasteiger partial charge >= 0.3 is 0 Å². The van der Waals surface area contributed by atoms with Gasteiger partial charge in [0.1, 0.15) is 10.8 Å². The number of fused-ring (bicyclic) bond motifs is 1. The van der Waals surface area contributed by atoms with Crippen LogP contribution < -0.4 is 11.2 Å². The number of hydrazine groups is 1. The molecule has 0 spiro atoms. The number of hydrogen-bond acceptors (Lipinski definition) is 5. The summed E-state index contributed by atoms with van der Waals surface area (Å²) in [5.41, 5.74) is 11.0. The van der Waals surface area contributed by atoms with E-state index in [9.17, 15) is 0 Å². The second-order valence-electron chi connectivity index (χ2n) is 5.34. The Labute approximate surface area is 129 Å². The van der Waals surface area contributed by atoms with Gasteiger partial charge in [-0.1, -0.05) is 30.4 Å². The van der Waals surface area contributed by atoms with E-state index in [1.165, 1.54) is 0 Å². The van der Waals surface area contributed by atoms with E-state index in [1.807, 2.05) is 30.3 Å². The van der Waals surface area contributed by atoms with Gasteiger partial charge in [0.2, 0.25) is 0 Å². The Morgan fingerprint density at radius 3 is 2.67 bits per heavy atom. The van der Waals surface area contributed by atoms with E-state index in [0.717, 1.165) is 48.5 Å². The van der Waals surface area contributed by atoms with Gasteiger partial charge in [0.15, 0.2) is 0 Å². The maximum Gasteiger partial charge on any atom is 0.141 e. The fraction of sp³-hybridized carbons (Fsp3) is 0.333. The molecule has 0 atom stereocenters. The third-order valence-electron chi connectivity index (χ3n) is 3.76. The second kappa shape index (κ2) is 5.93. The average Bonchev–Trinajstić information content (AvgIpc) is 2.48. The van der Waals surface area contributed by atoms with Gasteiger partial charge in [-0.2, -0.15) is 0 Å². The predicted octanol–water partition coefficient (Wildman–Crippen LogP) is 1.44. The molecule has 1 aliphatic heterocycles. The molecule has 110 valence electrons. The first-order valence-electron chi connectivity index (χ1n) is 7.03. The number of benzene rings is 1. The number of hydrogen-bond donors (Lipinski definition) is 2. The molecule has 0 radical (unpaired) electrons. The minimum absolute atomic E-state index is 0.398. The highest BCUT2D eigenvalue weighted by Gasteiger charge is 2.15. The molecule has 3 rings (SSSR count). The van der Waals surface area contributed by atoms with E-state index in [4.69, 9.17) is 18.0 Å². The van der Waals surface area contributed by atoms with Crippen LogP contribution in [0.2, 0.25) is 0 Å². The highest BCUT2D eigenvalue weighted by Crippen LogP contribution is 2.21. The fourth-order valence-electron chi connectivity index (χ4n) is 2.52. The molecular weight excluding hydrogens is 282 g/mol. The predicted molar refractivity (Wildman–Crippen MR) is 90.3 cm³/mol. The molecular formula is C15H19N5S. The van der Waals surface area contributed by atoms with Gasteiger partial charge < -0.3 is 16.1 Å².